The first-order valence-electron chi connectivity index (χ1n) is 30.7. The molecule has 14 nitrogen and oxygen atoms in total. The third-order valence-electron chi connectivity index (χ3n) is 15.1. The van der Waals surface area contributed by atoms with Crippen LogP contribution in [0.2, 0.25) is 0 Å². The van der Waals surface area contributed by atoms with Gasteiger partial charge in [-0.05, 0) is 38.5 Å². The van der Waals surface area contributed by atoms with E-state index in [4.69, 9.17) is 18.9 Å². The number of hydrogen-bond donors (Lipinski definition) is 9. The molecule has 2 rings (SSSR count). The molecule has 2 aliphatic heterocycles. The van der Waals surface area contributed by atoms with Crippen LogP contribution in [0.15, 0.2) is 36.5 Å². The molecule has 75 heavy (non-hydrogen) atoms. The number of rotatable bonds is 49. The topological polar surface area (TPSA) is 228 Å². The highest BCUT2D eigenvalue weighted by Crippen LogP contribution is 2.30. The van der Waals surface area contributed by atoms with Crippen LogP contribution in [0, 0.1) is 0 Å². The Morgan fingerprint density at radius 3 is 1.29 bits per heavy atom. The number of allylic oxidation sites excluding steroid dienone is 5. The van der Waals surface area contributed by atoms with E-state index in [1.165, 1.54) is 173 Å². The Balaban J connectivity index is 1.61. The van der Waals surface area contributed by atoms with E-state index < -0.39 is 86.8 Å². The maximum atomic E-state index is 13.2. The summed E-state index contributed by atoms with van der Waals surface area (Å²) in [6.07, 6.45) is 41.0. The van der Waals surface area contributed by atoms with E-state index in [-0.39, 0.29) is 18.9 Å². The minimum atomic E-state index is -1.79. The molecule has 14 heteroatoms. The van der Waals surface area contributed by atoms with Crippen molar-refractivity contribution in [2.75, 3.05) is 19.8 Å². The van der Waals surface area contributed by atoms with Crippen LogP contribution < -0.4 is 5.32 Å². The smallest absolute Gasteiger partial charge is 0.220 e. The molecule has 2 saturated heterocycles. The van der Waals surface area contributed by atoms with Crippen molar-refractivity contribution >= 4 is 5.91 Å². The van der Waals surface area contributed by atoms with Gasteiger partial charge in [-0.1, -0.05) is 243 Å². The highest BCUT2D eigenvalue weighted by Gasteiger charge is 2.51. The third kappa shape index (κ3) is 32.8. The molecule has 12 unspecified atom stereocenters. The molecule has 0 bridgehead atoms. The molecule has 0 aliphatic carbocycles. The fourth-order valence-corrected chi connectivity index (χ4v) is 10.2. The lowest BCUT2D eigenvalue weighted by Crippen LogP contribution is -2.65. The minimum absolute atomic E-state index is 0.252. The summed E-state index contributed by atoms with van der Waals surface area (Å²) in [5, 5.41) is 86.8. The van der Waals surface area contributed by atoms with Gasteiger partial charge < -0.3 is 65.1 Å². The second kappa shape index (κ2) is 47.1. The zero-order valence-corrected chi connectivity index (χ0v) is 47.3. The van der Waals surface area contributed by atoms with E-state index >= 15 is 0 Å². The molecule has 0 aromatic carbocycles. The molecule has 0 aromatic rings. The summed E-state index contributed by atoms with van der Waals surface area (Å²) < 4.78 is 22.7. The van der Waals surface area contributed by atoms with Gasteiger partial charge in [0.05, 0.1) is 32.0 Å². The van der Waals surface area contributed by atoms with E-state index in [9.17, 15) is 45.6 Å². The fraction of sp³-hybridized carbons (Fsp3) is 0.885. The predicted molar refractivity (Wildman–Crippen MR) is 300 cm³/mol. The van der Waals surface area contributed by atoms with Crippen LogP contribution in [0.3, 0.4) is 0 Å². The van der Waals surface area contributed by atoms with Crippen LogP contribution >= 0.6 is 0 Å². The number of amides is 1. The van der Waals surface area contributed by atoms with Gasteiger partial charge in [-0.25, -0.2) is 0 Å². The van der Waals surface area contributed by atoms with Crippen molar-refractivity contribution in [1.82, 2.24) is 5.32 Å². The summed E-state index contributed by atoms with van der Waals surface area (Å²) in [6, 6.07) is -0.934. The van der Waals surface area contributed by atoms with E-state index in [0.29, 0.717) is 12.8 Å². The molecular weight excluding hydrogens is 955 g/mol. The lowest BCUT2D eigenvalue weighted by molar-refractivity contribution is -0.359. The highest BCUT2D eigenvalue weighted by molar-refractivity contribution is 5.76. The Labute approximate surface area is 455 Å². The van der Waals surface area contributed by atoms with Gasteiger partial charge in [-0.3, -0.25) is 4.79 Å². The molecule has 2 heterocycles. The summed E-state index contributed by atoms with van der Waals surface area (Å²) in [6.45, 7) is 2.66. The summed E-state index contributed by atoms with van der Waals surface area (Å²) >= 11 is 0. The van der Waals surface area contributed by atoms with Crippen LogP contribution in [-0.2, 0) is 23.7 Å². The number of nitrogens with one attached hydrogen (secondary N) is 1. The molecule has 9 N–H and O–H groups in total. The quantitative estimate of drug-likeness (QED) is 0.0204. The van der Waals surface area contributed by atoms with Crippen molar-refractivity contribution in [3.8, 4) is 0 Å². The van der Waals surface area contributed by atoms with E-state index in [1.54, 1.807) is 6.08 Å². The van der Waals surface area contributed by atoms with Crippen molar-refractivity contribution < 1.29 is 64.6 Å². The number of hydrogen-bond acceptors (Lipinski definition) is 13. The largest absolute Gasteiger partial charge is 0.394 e. The van der Waals surface area contributed by atoms with E-state index in [2.05, 4.69) is 43.5 Å². The second-order valence-corrected chi connectivity index (χ2v) is 21.8. The lowest BCUT2D eigenvalue weighted by atomic mass is 9.97. The Morgan fingerprint density at radius 1 is 0.480 bits per heavy atom. The maximum Gasteiger partial charge on any atom is 0.220 e. The lowest BCUT2D eigenvalue weighted by Gasteiger charge is -2.46. The van der Waals surface area contributed by atoms with E-state index in [1.807, 2.05) is 6.08 Å². The molecule has 440 valence electrons. The van der Waals surface area contributed by atoms with Crippen LogP contribution in [0.5, 0.6) is 0 Å². The Kier molecular flexibility index (Phi) is 43.5. The number of carbonyl (C=O) groups is 1. The Hall–Kier alpha value is -1.79. The summed E-state index contributed by atoms with van der Waals surface area (Å²) in [5.74, 6) is -0.252. The zero-order chi connectivity index (χ0) is 54.6. The first kappa shape index (κ1) is 69.3. The average molecular weight is 1070 g/mol. The molecule has 0 spiro atoms. The predicted octanol–water partition coefficient (Wildman–Crippen LogP) is 10.6. The third-order valence-corrected chi connectivity index (χ3v) is 15.1. The second-order valence-electron chi connectivity index (χ2n) is 21.8. The molecule has 2 aliphatic rings. The Morgan fingerprint density at radius 2 is 0.867 bits per heavy atom. The number of unbranched alkanes of at least 4 members (excludes halogenated alkanes) is 32. The van der Waals surface area contributed by atoms with E-state index in [0.717, 1.165) is 44.9 Å². The zero-order valence-electron chi connectivity index (χ0n) is 47.3. The van der Waals surface area contributed by atoms with Gasteiger partial charge in [0.1, 0.15) is 48.8 Å². The van der Waals surface area contributed by atoms with Crippen molar-refractivity contribution in [3.63, 3.8) is 0 Å². The van der Waals surface area contributed by atoms with Gasteiger partial charge in [0, 0.05) is 6.42 Å². The van der Waals surface area contributed by atoms with Gasteiger partial charge in [-0.15, -0.1) is 0 Å². The van der Waals surface area contributed by atoms with Gasteiger partial charge in [0.25, 0.3) is 0 Å². The van der Waals surface area contributed by atoms with Crippen LogP contribution in [-0.4, -0.2) is 140 Å². The number of ether oxygens (including phenoxy) is 4. The van der Waals surface area contributed by atoms with Crippen molar-refractivity contribution in [2.45, 2.75) is 325 Å². The molecule has 12 atom stereocenters. The maximum absolute atomic E-state index is 13.2. The first-order valence-corrected chi connectivity index (χ1v) is 30.7. The SMILES string of the molecule is CC/C=C/CC/C=C/CC/C=C/C(O)C(COC1OC(CO)C(OC2OC(CO)C(O)C(O)C2O)C(O)C1O)NC(=O)CCCCCCCCCCCCCCCCCCCCCCCCCCCCCCCCC. The molecule has 0 saturated carbocycles. The molecule has 0 aromatic heterocycles. The van der Waals surface area contributed by atoms with Gasteiger partial charge in [0.15, 0.2) is 12.6 Å². The number of aliphatic hydroxyl groups is 8. The molecule has 0 radical (unpaired) electrons. The van der Waals surface area contributed by atoms with Gasteiger partial charge in [-0.2, -0.15) is 0 Å². The van der Waals surface area contributed by atoms with Crippen molar-refractivity contribution in [1.29, 1.82) is 0 Å². The summed E-state index contributed by atoms with van der Waals surface area (Å²) in [5.41, 5.74) is 0. The van der Waals surface area contributed by atoms with Crippen LogP contribution in [0.4, 0.5) is 0 Å². The Bertz CT molecular complexity index is 1400. The monoisotopic (exact) mass is 1070 g/mol. The first-order chi connectivity index (χ1) is 36.6. The summed E-state index contributed by atoms with van der Waals surface area (Å²) in [4.78, 5) is 13.2. The van der Waals surface area contributed by atoms with Crippen molar-refractivity contribution in [3.05, 3.63) is 36.5 Å². The normalized spacial score (nSPS) is 25.3. The molecule has 1 amide bonds. The minimum Gasteiger partial charge on any atom is -0.394 e. The highest BCUT2D eigenvalue weighted by atomic mass is 16.7. The molecule has 2 fully saturated rings. The number of aliphatic hydroxyl groups excluding tert-OH is 8. The van der Waals surface area contributed by atoms with Crippen LogP contribution in [0.25, 0.3) is 0 Å². The van der Waals surface area contributed by atoms with Gasteiger partial charge in [0.2, 0.25) is 5.91 Å². The average Bonchev–Trinajstić information content (AvgIpc) is 3.41. The van der Waals surface area contributed by atoms with Crippen LogP contribution in [0.1, 0.15) is 251 Å². The standard InChI is InChI=1S/C61H113NO13/c1-3-5-7-9-11-13-15-16-17-18-19-20-21-22-23-24-25-26-27-28-29-30-31-32-33-34-35-37-39-41-43-45-53(66)62-49(50(65)44-42-40-38-36-14-12-10-8-6-4-2)48-72-60-58(71)56(69)59(52(47-64)74-60)75-61-57(70)55(68)54(67)51(46-63)73-61/h6,8,14,36,42,44,49-52,54-61,63-65,67-71H,3-5,7,9-13,15-35,37-41,43,45-48H2,1-2H3,(H,62,66)/b8-6+,36-14+,44-42+. The van der Waals surface area contributed by atoms with Gasteiger partial charge >= 0.3 is 0 Å². The molecular formula is C61H113NO13. The van der Waals surface area contributed by atoms with Crippen molar-refractivity contribution in [2.24, 2.45) is 0 Å². The summed E-state index contributed by atoms with van der Waals surface area (Å²) in [7, 11) is 0. The number of carbonyl (C=O) groups excluding carboxylic acids is 1. The fourth-order valence-electron chi connectivity index (χ4n) is 10.2.